The predicted octanol–water partition coefficient (Wildman–Crippen LogP) is 3.07. The molecule has 1 aliphatic rings. The maximum Gasteiger partial charge on any atom is 0.0621 e. The van der Waals surface area contributed by atoms with Crippen molar-refractivity contribution in [2.75, 3.05) is 19.8 Å². The van der Waals surface area contributed by atoms with Gasteiger partial charge in [-0.3, -0.25) is 4.98 Å². The molecule has 0 aromatic carbocycles. The summed E-state index contributed by atoms with van der Waals surface area (Å²) in [5, 5.41) is 4.41. The topological polar surface area (TPSA) is 34.2 Å². The van der Waals surface area contributed by atoms with E-state index in [0.717, 1.165) is 37.6 Å². The second-order valence-corrected chi connectivity index (χ2v) is 5.69. The Morgan fingerprint density at radius 2 is 2.47 bits per heavy atom. The van der Waals surface area contributed by atoms with Gasteiger partial charge in [0.05, 0.1) is 5.02 Å². The molecule has 1 aromatic rings. The highest BCUT2D eigenvalue weighted by atomic mass is 35.5. The van der Waals surface area contributed by atoms with Gasteiger partial charge >= 0.3 is 0 Å². The summed E-state index contributed by atoms with van der Waals surface area (Å²) in [4.78, 5) is 4.05. The van der Waals surface area contributed by atoms with E-state index < -0.39 is 0 Å². The first-order valence-electron chi connectivity index (χ1n) is 7.19. The summed E-state index contributed by atoms with van der Waals surface area (Å²) in [5.41, 5.74) is 1.18. The van der Waals surface area contributed by atoms with Gasteiger partial charge in [-0.15, -0.1) is 0 Å². The minimum Gasteiger partial charge on any atom is -0.381 e. The first kappa shape index (κ1) is 14.8. The average molecular weight is 283 g/mol. The monoisotopic (exact) mass is 282 g/mol. The molecule has 1 saturated heterocycles. The Balaban J connectivity index is 1.94. The standard InChI is InChI=1S/C15H23ClN2O/c1-2-5-18-14(8-12-4-7-19-11-12)9-13-3-6-17-10-15(13)16/h3,6,10,12,14,18H,2,4-5,7-9,11H2,1H3. The number of rotatable bonds is 7. The first-order chi connectivity index (χ1) is 9.29. The molecule has 4 heteroatoms. The van der Waals surface area contributed by atoms with Crippen molar-refractivity contribution in [3.63, 3.8) is 0 Å². The van der Waals surface area contributed by atoms with Crippen molar-refractivity contribution < 1.29 is 4.74 Å². The zero-order valence-corrected chi connectivity index (χ0v) is 12.3. The van der Waals surface area contributed by atoms with Crippen molar-refractivity contribution in [1.29, 1.82) is 0 Å². The molecule has 0 radical (unpaired) electrons. The van der Waals surface area contributed by atoms with Crippen LogP contribution in [0.3, 0.4) is 0 Å². The van der Waals surface area contributed by atoms with E-state index in [1.54, 1.807) is 6.20 Å². The third kappa shape index (κ3) is 4.75. The van der Waals surface area contributed by atoms with Crippen LogP contribution in [0.4, 0.5) is 0 Å². The molecule has 1 aliphatic heterocycles. The molecular formula is C15H23ClN2O. The highest BCUT2D eigenvalue weighted by molar-refractivity contribution is 6.31. The van der Waals surface area contributed by atoms with E-state index in [9.17, 15) is 0 Å². The van der Waals surface area contributed by atoms with Gasteiger partial charge < -0.3 is 10.1 Å². The number of hydrogen-bond acceptors (Lipinski definition) is 3. The highest BCUT2D eigenvalue weighted by Gasteiger charge is 2.21. The molecule has 0 aliphatic carbocycles. The Morgan fingerprint density at radius 3 is 3.16 bits per heavy atom. The van der Waals surface area contributed by atoms with Crippen molar-refractivity contribution in [2.24, 2.45) is 5.92 Å². The molecule has 0 bridgehead atoms. The van der Waals surface area contributed by atoms with Gasteiger partial charge in [-0.2, -0.15) is 0 Å². The summed E-state index contributed by atoms with van der Waals surface area (Å²) in [6.07, 6.45) is 8.02. The lowest BCUT2D eigenvalue weighted by Gasteiger charge is -2.21. The third-order valence-electron chi connectivity index (χ3n) is 3.65. The summed E-state index contributed by atoms with van der Waals surface area (Å²) >= 11 is 6.20. The summed E-state index contributed by atoms with van der Waals surface area (Å²) in [7, 11) is 0. The fourth-order valence-electron chi connectivity index (χ4n) is 2.59. The smallest absolute Gasteiger partial charge is 0.0621 e. The van der Waals surface area contributed by atoms with Crippen molar-refractivity contribution in [3.05, 3.63) is 29.0 Å². The molecule has 2 rings (SSSR count). The lowest BCUT2D eigenvalue weighted by atomic mass is 9.94. The van der Waals surface area contributed by atoms with Crippen molar-refractivity contribution in [2.45, 2.75) is 38.6 Å². The molecule has 1 N–H and O–H groups in total. The molecule has 2 atom stereocenters. The Labute approximate surface area is 120 Å². The Hall–Kier alpha value is -0.640. The van der Waals surface area contributed by atoms with Crippen molar-refractivity contribution >= 4 is 11.6 Å². The summed E-state index contributed by atoms with van der Waals surface area (Å²) < 4.78 is 5.47. The fraction of sp³-hybridized carbons (Fsp3) is 0.667. The molecular weight excluding hydrogens is 260 g/mol. The SMILES string of the molecule is CCCNC(Cc1ccncc1Cl)CC1CCOC1. The Kier molecular flexibility index (Phi) is 6.08. The van der Waals surface area contributed by atoms with E-state index in [1.807, 2.05) is 12.3 Å². The van der Waals surface area contributed by atoms with E-state index in [2.05, 4.69) is 17.2 Å². The minimum absolute atomic E-state index is 0.478. The zero-order chi connectivity index (χ0) is 13.5. The number of nitrogens with one attached hydrogen (secondary N) is 1. The first-order valence-corrected chi connectivity index (χ1v) is 7.57. The summed E-state index contributed by atoms with van der Waals surface area (Å²) in [6.45, 7) is 5.08. The van der Waals surface area contributed by atoms with Crippen molar-refractivity contribution in [1.82, 2.24) is 10.3 Å². The number of aromatic nitrogens is 1. The normalized spacial score (nSPS) is 20.6. The van der Waals surface area contributed by atoms with Gasteiger partial charge in [0, 0.05) is 31.6 Å². The maximum atomic E-state index is 6.20. The molecule has 2 heterocycles. The van der Waals surface area contributed by atoms with Gasteiger partial charge in [0.2, 0.25) is 0 Å². The van der Waals surface area contributed by atoms with Gasteiger partial charge in [0.15, 0.2) is 0 Å². The Bertz CT molecular complexity index is 380. The largest absolute Gasteiger partial charge is 0.381 e. The minimum atomic E-state index is 0.478. The molecule has 3 nitrogen and oxygen atoms in total. The highest BCUT2D eigenvalue weighted by Crippen LogP contribution is 2.22. The van der Waals surface area contributed by atoms with Gasteiger partial charge in [-0.25, -0.2) is 0 Å². The molecule has 106 valence electrons. The number of hydrogen-bond donors (Lipinski definition) is 1. The van der Waals surface area contributed by atoms with Crippen LogP contribution in [-0.2, 0) is 11.2 Å². The van der Waals surface area contributed by atoms with Crippen LogP contribution in [0.1, 0.15) is 31.7 Å². The predicted molar refractivity (Wildman–Crippen MR) is 78.6 cm³/mol. The second kappa shape index (κ2) is 7.83. The van der Waals surface area contributed by atoms with Gasteiger partial charge in [-0.05, 0) is 49.8 Å². The van der Waals surface area contributed by atoms with Crippen LogP contribution in [0.5, 0.6) is 0 Å². The van der Waals surface area contributed by atoms with Crippen LogP contribution in [0.15, 0.2) is 18.5 Å². The molecule has 0 amide bonds. The molecule has 0 spiro atoms. The third-order valence-corrected chi connectivity index (χ3v) is 3.99. The maximum absolute atomic E-state index is 6.20. The number of nitrogens with zero attached hydrogens (tertiary/aromatic N) is 1. The van der Waals surface area contributed by atoms with Crippen molar-refractivity contribution in [3.8, 4) is 0 Å². The summed E-state index contributed by atoms with van der Waals surface area (Å²) in [5.74, 6) is 0.690. The molecule has 1 aromatic heterocycles. The Morgan fingerprint density at radius 1 is 1.58 bits per heavy atom. The number of halogens is 1. The lowest BCUT2D eigenvalue weighted by Crippen LogP contribution is -2.34. The van der Waals surface area contributed by atoms with E-state index in [1.165, 1.54) is 18.4 Å². The molecule has 1 fully saturated rings. The zero-order valence-electron chi connectivity index (χ0n) is 11.6. The van der Waals surface area contributed by atoms with Crippen LogP contribution >= 0.6 is 11.6 Å². The van der Waals surface area contributed by atoms with Gasteiger partial charge in [0.1, 0.15) is 0 Å². The number of ether oxygens (including phenoxy) is 1. The molecule has 0 saturated carbocycles. The second-order valence-electron chi connectivity index (χ2n) is 5.29. The van der Waals surface area contributed by atoms with Gasteiger partial charge in [0.25, 0.3) is 0 Å². The lowest BCUT2D eigenvalue weighted by molar-refractivity contribution is 0.181. The van der Waals surface area contributed by atoms with E-state index >= 15 is 0 Å². The van der Waals surface area contributed by atoms with E-state index in [4.69, 9.17) is 16.3 Å². The van der Waals surface area contributed by atoms with Crippen LogP contribution in [0.2, 0.25) is 5.02 Å². The van der Waals surface area contributed by atoms with E-state index in [0.29, 0.717) is 12.0 Å². The molecule has 2 unspecified atom stereocenters. The van der Waals surface area contributed by atoms with Crippen LogP contribution in [0.25, 0.3) is 0 Å². The quantitative estimate of drug-likeness (QED) is 0.835. The number of pyridine rings is 1. The fourth-order valence-corrected chi connectivity index (χ4v) is 2.79. The van der Waals surface area contributed by atoms with Crippen LogP contribution in [0, 0.1) is 5.92 Å². The summed E-state index contributed by atoms with van der Waals surface area (Å²) in [6, 6.07) is 2.50. The van der Waals surface area contributed by atoms with Gasteiger partial charge in [-0.1, -0.05) is 18.5 Å². The molecule has 19 heavy (non-hydrogen) atoms. The van der Waals surface area contributed by atoms with Crippen LogP contribution < -0.4 is 5.32 Å². The average Bonchev–Trinajstić information content (AvgIpc) is 2.91. The van der Waals surface area contributed by atoms with Crippen LogP contribution in [-0.4, -0.2) is 30.8 Å². The van der Waals surface area contributed by atoms with E-state index in [-0.39, 0.29) is 0 Å².